The highest BCUT2D eigenvalue weighted by atomic mass is 31.2. The number of rotatable bonds is 8. The summed E-state index contributed by atoms with van der Waals surface area (Å²) in [6.45, 7) is -0.227. The van der Waals surface area contributed by atoms with Crippen LogP contribution in [0.25, 0.3) is 0 Å². The molecule has 0 spiro atoms. The van der Waals surface area contributed by atoms with Crippen molar-refractivity contribution in [3.8, 4) is 0 Å². The minimum absolute atomic E-state index is 0.0905. The van der Waals surface area contributed by atoms with Crippen LogP contribution in [0, 0.1) is 0 Å². The van der Waals surface area contributed by atoms with Crippen LogP contribution in [0.4, 0.5) is 0 Å². The van der Waals surface area contributed by atoms with Gasteiger partial charge in [0.05, 0.1) is 25.2 Å². The van der Waals surface area contributed by atoms with Crippen LogP contribution >= 0.6 is 7.82 Å². The molecule has 0 saturated carbocycles. The van der Waals surface area contributed by atoms with Gasteiger partial charge in [0.25, 0.3) is 0 Å². The zero-order chi connectivity index (χ0) is 18.8. The molecule has 2 aliphatic heterocycles. The van der Waals surface area contributed by atoms with E-state index in [1.165, 1.54) is 14.2 Å². The largest absolute Gasteiger partial charge is 0.472 e. The molecule has 2 saturated heterocycles. The zero-order valence-corrected chi connectivity index (χ0v) is 15.6. The minimum Gasteiger partial charge on any atom is -0.388 e. The number of hydrogen-bond donors (Lipinski definition) is 3. The van der Waals surface area contributed by atoms with Crippen LogP contribution in [0.15, 0.2) is 0 Å². The number of phosphoric acid groups is 1. The van der Waals surface area contributed by atoms with Crippen molar-refractivity contribution < 1.29 is 47.7 Å². The summed E-state index contributed by atoms with van der Waals surface area (Å²) in [5.74, 6) is 0. The van der Waals surface area contributed by atoms with Crippen LogP contribution in [-0.2, 0) is 32.6 Å². The highest BCUT2D eigenvalue weighted by Gasteiger charge is 2.47. The van der Waals surface area contributed by atoms with Crippen molar-refractivity contribution >= 4 is 23.5 Å². The van der Waals surface area contributed by atoms with E-state index < -0.39 is 56.5 Å². The van der Waals surface area contributed by atoms with Gasteiger partial charge in [0.15, 0.2) is 0 Å². The molecule has 3 unspecified atom stereocenters. The first-order valence-electron chi connectivity index (χ1n) is 8.04. The summed E-state index contributed by atoms with van der Waals surface area (Å²) < 4.78 is 43.3. The molecule has 3 N–H and O–H groups in total. The lowest BCUT2D eigenvalue weighted by molar-refractivity contribution is -0.0456. The van der Waals surface area contributed by atoms with Gasteiger partial charge in [-0.2, -0.15) is 0 Å². The van der Waals surface area contributed by atoms with Gasteiger partial charge >= 0.3 is 7.82 Å². The van der Waals surface area contributed by atoms with E-state index in [0.29, 0.717) is 0 Å². The Morgan fingerprint density at radius 3 is 2.04 bits per heavy atom. The third kappa shape index (κ3) is 5.04. The Hall–Kier alpha value is -0.000130. The van der Waals surface area contributed by atoms with E-state index in [1.54, 1.807) is 15.7 Å². The van der Waals surface area contributed by atoms with Crippen LogP contribution in [0.2, 0.25) is 0 Å². The van der Waals surface area contributed by atoms with Crippen molar-refractivity contribution in [2.45, 2.75) is 48.6 Å². The van der Waals surface area contributed by atoms with Gasteiger partial charge in [-0.3, -0.25) is 9.05 Å². The van der Waals surface area contributed by atoms with E-state index in [2.05, 4.69) is 0 Å². The van der Waals surface area contributed by atoms with Crippen molar-refractivity contribution in [1.82, 2.24) is 0 Å². The maximum absolute atomic E-state index is 12.2. The van der Waals surface area contributed by atoms with E-state index in [0.717, 1.165) is 0 Å². The lowest BCUT2D eigenvalue weighted by atomic mass is 9.93. The summed E-state index contributed by atoms with van der Waals surface area (Å²) in [5, 5.41) is 20.0. The van der Waals surface area contributed by atoms with E-state index >= 15 is 0 Å². The molecule has 10 nitrogen and oxygen atoms in total. The van der Waals surface area contributed by atoms with Gasteiger partial charge in [-0.1, -0.05) is 0 Å². The lowest BCUT2D eigenvalue weighted by Crippen LogP contribution is -2.37. The molecule has 0 radical (unpaired) electrons. The Bertz CT molecular complexity index is 485. The second-order valence-corrected chi connectivity index (χ2v) is 7.64. The number of phosphoric ester groups is 1. The van der Waals surface area contributed by atoms with E-state index in [4.69, 9.17) is 28.0 Å². The van der Waals surface area contributed by atoms with E-state index in [9.17, 15) is 19.7 Å². The second kappa shape index (κ2) is 8.79. The molecule has 13 heteroatoms. The minimum atomic E-state index is -4.51. The van der Waals surface area contributed by atoms with Crippen molar-refractivity contribution in [3.05, 3.63) is 0 Å². The standard InChI is InChI=1S/C12H25B2O10P/c1-19-3-5-10(8(16)12(14)22-5)24-25(17,18)21-4-6-9(20-2)7(15)11(13)23-6/h5-12,15-16H,3-4,13-14H2,1-2H3,(H,17,18)/t5-,6-,7+,8+,9?,10?,11-,12-/m1/s1. The molecule has 0 aromatic heterocycles. The zero-order valence-electron chi connectivity index (χ0n) is 14.7. The number of ether oxygens (including phenoxy) is 4. The first kappa shape index (κ1) is 21.3. The number of methoxy groups -OCH3 is 2. The maximum atomic E-state index is 12.2. The third-order valence-electron chi connectivity index (χ3n) is 4.41. The van der Waals surface area contributed by atoms with Crippen molar-refractivity contribution in [2.75, 3.05) is 27.4 Å². The Morgan fingerprint density at radius 1 is 1.00 bits per heavy atom. The van der Waals surface area contributed by atoms with Gasteiger partial charge in [-0.15, -0.1) is 0 Å². The summed E-state index contributed by atoms with van der Waals surface area (Å²) in [5.41, 5.74) is 0. The van der Waals surface area contributed by atoms with Crippen LogP contribution in [0.3, 0.4) is 0 Å². The fraction of sp³-hybridized carbons (Fsp3) is 1.00. The fourth-order valence-electron chi connectivity index (χ4n) is 3.05. The number of aliphatic hydroxyl groups excluding tert-OH is 2. The predicted octanol–water partition coefficient (Wildman–Crippen LogP) is -3.41. The van der Waals surface area contributed by atoms with Gasteiger partial charge in [0, 0.05) is 14.2 Å². The van der Waals surface area contributed by atoms with Crippen LogP contribution in [0.5, 0.6) is 0 Å². The smallest absolute Gasteiger partial charge is 0.388 e. The number of aliphatic hydroxyl groups is 2. The van der Waals surface area contributed by atoms with E-state index in [1.807, 2.05) is 0 Å². The van der Waals surface area contributed by atoms with E-state index in [-0.39, 0.29) is 13.2 Å². The Balaban J connectivity index is 1.94. The summed E-state index contributed by atoms with van der Waals surface area (Å²) >= 11 is 0. The molecular formula is C12H25B2O10P. The quantitative estimate of drug-likeness (QED) is 0.288. The molecule has 2 fully saturated rings. The summed E-state index contributed by atoms with van der Waals surface area (Å²) in [7, 11) is 1.62. The Kier molecular flexibility index (Phi) is 7.49. The van der Waals surface area contributed by atoms with Crippen molar-refractivity contribution in [3.63, 3.8) is 0 Å². The second-order valence-electron chi connectivity index (χ2n) is 6.23. The highest BCUT2D eigenvalue weighted by molar-refractivity contribution is 7.47. The molecule has 9 atom stereocenters. The van der Waals surface area contributed by atoms with Gasteiger partial charge in [0.2, 0.25) is 0 Å². The molecule has 144 valence electrons. The topological polar surface area (TPSA) is 133 Å². The molecule has 0 aromatic carbocycles. The highest BCUT2D eigenvalue weighted by Crippen LogP contribution is 2.47. The fourth-order valence-corrected chi connectivity index (χ4v) is 4.01. The van der Waals surface area contributed by atoms with Crippen LogP contribution in [0.1, 0.15) is 0 Å². The molecule has 2 heterocycles. The monoisotopic (exact) mass is 382 g/mol. The Labute approximate surface area is 148 Å². The normalized spacial score (nSPS) is 44.0. The average molecular weight is 382 g/mol. The lowest BCUT2D eigenvalue weighted by Gasteiger charge is -2.24. The van der Waals surface area contributed by atoms with Gasteiger partial charge in [-0.25, -0.2) is 4.57 Å². The van der Waals surface area contributed by atoms with Crippen LogP contribution < -0.4 is 0 Å². The molecule has 0 amide bonds. The average Bonchev–Trinajstić information content (AvgIpc) is 2.97. The first-order valence-corrected chi connectivity index (χ1v) is 9.54. The molecule has 2 rings (SSSR count). The molecule has 0 aliphatic carbocycles. The summed E-state index contributed by atoms with van der Waals surface area (Å²) in [6, 6.07) is -1.06. The number of hydrogen-bond acceptors (Lipinski definition) is 9. The van der Waals surface area contributed by atoms with Crippen molar-refractivity contribution in [1.29, 1.82) is 0 Å². The molecule has 2 aliphatic rings. The predicted molar refractivity (Wildman–Crippen MR) is 89.7 cm³/mol. The van der Waals surface area contributed by atoms with Crippen molar-refractivity contribution in [2.24, 2.45) is 0 Å². The maximum Gasteiger partial charge on any atom is 0.472 e. The SMILES string of the molecule is B[C@@H]1O[C@H](COP(=O)(O)OC2[C@@H](COC)O[C@@H](B)[C@H]2O)C(OC)[C@@H]1O. The Morgan fingerprint density at radius 2 is 1.52 bits per heavy atom. The van der Waals surface area contributed by atoms with Gasteiger partial charge in [-0.05, 0) is 0 Å². The first-order chi connectivity index (χ1) is 11.7. The molecular weight excluding hydrogens is 357 g/mol. The third-order valence-corrected chi connectivity index (χ3v) is 5.39. The molecule has 25 heavy (non-hydrogen) atoms. The van der Waals surface area contributed by atoms with Crippen LogP contribution in [-0.4, -0.2) is 107 Å². The summed E-state index contributed by atoms with van der Waals surface area (Å²) in [4.78, 5) is 9.96. The molecule has 0 aromatic rings. The van der Waals surface area contributed by atoms with Gasteiger partial charge < -0.3 is 34.1 Å². The molecule has 0 bridgehead atoms. The summed E-state index contributed by atoms with van der Waals surface area (Å²) in [6.07, 6.45) is -5.14. The van der Waals surface area contributed by atoms with Gasteiger partial charge in [0.1, 0.15) is 52.3 Å².